The summed E-state index contributed by atoms with van der Waals surface area (Å²) in [4.78, 5) is 36.6. The first kappa shape index (κ1) is 19.9. The van der Waals surface area contributed by atoms with Crippen LogP contribution in [0.15, 0.2) is 24.3 Å². The molecule has 1 atom stereocenters. The molecule has 0 bridgehead atoms. The summed E-state index contributed by atoms with van der Waals surface area (Å²) < 4.78 is 0. The molecule has 1 saturated heterocycles. The van der Waals surface area contributed by atoms with Gasteiger partial charge in [-0.2, -0.15) is 0 Å². The highest BCUT2D eigenvalue weighted by Gasteiger charge is 2.34. The van der Waals surface area contributed by atoms with Gasteiger partial charge in [-0.05, 0) is 43.4 Å². The summed E-state index contributed by atoms with van der Waals surface area (Å²) in [5.74, 6) is -1.33. The number of amides is 2. The van der Waals surface area contributed by atoms with Crippen molar-refractivity contribution < 1.29 is 19.5 Å². The van der Waals surface area contributed by atoms with E-state index in [9.17, 15) is 14.4 Å². The number of aryl methyl sites for hydroxylation is 1. The van der Waals surface area contributed by atoms with Gasteiger partial charge in [-0.1, -0.05) is 25.5 Å². The second-order valence-corrected chi connectivity index (χ2v) is 6.82. The second kappa shape index (κ2) is 9.94. The number of nitrogens with zero attached hydrogens (tertiary/aromatic N) is 1. The summed E-state index contributed by atoms with van der Waals surface area (Å²) in [5, 5.41) is 11.4. The maximum Gasteiger partial charge on any atom is 0.303 e. The summed E-state index contributed by atoms with van der Waals surface area (Å²) in [7, 11) is 0. The number of carboxylic acids is 1. The number of hydrogen-bond donors (Lipinski definition) is 2. The molecule has 1 fully saturated rings. The summed E-state index contributed by atoms with van der Waals surface area (Å²) in [6, 6.07) is 8.01. The predicted molar refractivity (Wildman–Crippen MR) is 100 cm³/mol. The SMILES string of the molecule is CCCCc1ccc(N2CC(C(=O)NCCCCC(=O)O)CC2=O)cc1. The molecule has 0 saturated carbocycles. The van der Waals surface area contributed by atoms with E-state index in [0.29, 0.717) is 25.9 Å². The van der Waals surface area contributed by atoms with Gasteiger partial charge in [-0.25, -0.2) is 0 Å². The zero-order chi connectivity index (χ0) is 18.9. The largest absolute Gasteiger partial charge is 0.481 e. The van der Waals surface area contributed by atoms with Crippen LogP contribution in [0.5, 0.6) is 0 Å². The van der Waals surface area contributed by atoms with Crippen LogP contribution < -0.4 is 10.2 Å². The third-order valence-electron chi connectivity index (χ3n) is 4.68. The van der Waals surface area contributed by atoms with Crippen molar-refractivity contribution in [1.29, 1.82) is 0 Å². The molecule has 1 unspecified atom stereocenters. The molecule has 142 valence electrons. The van der Waals surface area contributed by atoms with Crippen molar-refractivity contribution in [3.63, 3.8) is 0 Å². The average molecular weight is 360 g/mol. The highest BCUT2D eigenvalue weighted by atomic mass is 16.4. The maximum atomic E-state index is 12.3. The number of rotatable bonds is 10. The summed E-state index contributed by atoms with van der Waals surface area (Å²) >= 11 is 0. The van der Waals surface area contributed by atoms with E-state index in [-0.39, 0.29) is 30.6 Å². The van der Waals surface area contributed by atoms with E-state index in [1.807, 2.05) is 24.3 Å². The average Bonchev–Trinajstić information content (AvgIpc) is 3.01. The smallest absolute Gasteiger partial charge is 0.303 e. The monoisotopic (exact) mass is 360 g/mol. The van der Waals surface area contributed by atoms with Crippen molar-refractivity contribution in [2.45, 2.75) is 51.9 Å². The van der Waals surface area contributed by atoms with Crippen molar-refractivity contribution >= 4 is 23.5 Å². The molecule has 1 aromatic carbocycles. The van der Waals surface area contributed by atoms with E-state index < -0.39 is 5.97 Å². The number of anilines is 1. The van der Waals surface area contributed by atoms with Gasteiger partial charge in [-0.15, -0.1) is 0 Å². The van der Waals surface area contributed by atoms with E-state index in [0.717, 1.165) is 24.9 Å². The van der Waals surface area contributed by atoms with Gasteiger partial charge in [0.15, 0.2) is 0 Å². The van der Waals surface area contributed by atoms with Gasteiger partial charge >= 0.3 is 5.97 Å². The number of aliphatic carboxylic acids is 1. The minimum atomic E-state index is -0.825. The molecule has 1 heterocycles. The summed E-state index contributed by atoms with van der Waals surface area (Å²) in [6.07, 6.45) is 4.84. The summed E-state index contributed by atoms with van der Waals surface area (Å²) in [5.41, 5.74) is 2.10. The first-order valence-electron chi connectivity index (χ1n) is 9.40. The molecular weight excluding hydrogens is 332 g/mol. The fourth-order valence-electron chi connectivity index (χ4n) is 3.11. The lowest BCUT2D eigenvalue weighted by molar-refractivity contribution is -0.137. The molecule has 6 nitrogen and oxygen atoms in total. The zero-order valence-electron chi connectivity index (χ0n) is 15.4. The molecule has 0 aromatic heterocycles. The van der Waals surface area contributed by atoms with Gasteiger partial charge in [0.1, 0.15) is 0 Å². The maximum absolute atomic E-state index is 12.3. The van der Waals surface area contributed by atoms with Crippen molar-refractivity contribution in [1.82, 2.24) is 5.32 Å². The number of nitrogens with one attached hydrogen (secondary N) is 1. The van der Waals surface area contributed by atoms with E-state index in [1.165, 1.54) is 5.56 Å². The van der Waals surface area contributed by atoms with Gasteiger partial charge in [-0.3, -0.25) is 14.4 Å². The fourth-order valence-corrected chi connectivity index (χ4v) is 3.11. The van der Waals surface area contributed by atoms with Crippen LogP contribution in [-0.2, 0) is 20.8 Å². The Balaban J connectivity index is 1.81. The molecule has 1 aliphatic heterocycles. The van der Waals surface area contributed by atoms with Gasteiger partial charge < -0.3 is 15.3 Å². The Labute approximate surface area is 154 Å². The topological polar surface area (TPSA) is 86.7 Å². The molecule has 0 radical (unpaired) electrons. The van der Waals surface area contributed by atoms with Crippen molar-refractivity contribution in [3.05, 3.63) is 29.8 Å². The number of benzene rings is 1. The third-order valence-corrected chi connectivity index (χ3v) is 4.68. The van der Waals surface area contributed by atoms with Crippen molar-refractivity contribution in [3.8, 4) is 0 Å². The highest BCUT2D eigenvalue weighted by molar-refractivity contribution is 6.00. The first-order chi connectivity index (χ1) is 12.5. The Hall–Kier alpha value is -2.37. The van der Waals surface area contributed by atoms with Crippen LogP contribution >= 0.6 is 0 Å². The number of unbranched alkanes of at least 4 members (excludes halogenated alkanes) is 2. The quantitative estimate of drug-likeness (QED) is 0.628. The van der Waals surface area contributed by atoms with Crippen molar-refractivity contribution in [2.75, 3.05) is 18.0 Å². The summed E-state index contributed by atoms with van der Waals surface area (Å²) in [6.45, 7) is 3.01. The van der Waals surface area contributed by atoms with E-state index in [4.69, 9.17) is 5.11 Å². The Morgan fingerprint density at radius 2 is 1.92 bits per heavy atom. The van der Waals surface area contributed by atoms with Crippen LogP contribution in [0.3, 0.4) is 0 Å². The number of carbonyl (C=O) groups excluding carboxylic acids is 2. The predicted octanol–water partition coefficient (Wildman–Crippen LogP) is 2.75. The normalized spacial score (nSPS) is 16.7. The van der Waals surface area contributed by atoms with E-state index in [2.05, 4.69) is 12.2 Å². The Morgan fingerprint density at radius 3 is 2.58 bits per heavy atom. The molecule has 6 heteroatoms. The molecule has 0 aliphatic carbocycles. The van der Waals surface area contributed by atoms with Crippen molar-refractivity contribution in [2.24, 2.45) is 5.92 Å². The lowest BCUT2D eigenvalue weighted by atomic mass is 10.1. The highest BCUT2D eigenvalue weighted by Crippen LogP contribution is 2.25. The van der Waals surface area contributed by atoms with E-state index in [1.54, 1.807) is 4.90 Å². The lowest BCUT2D eigenvalue weighted by Gasteiger charge is -2.17. The third kappa shape index (κ3) is 5.86. The lowest BCUT2D eigenvalue weighted by Crippen LogP contribution is -2.33. The molecule has 1 aliphatic rings. The van der Waals surface area contributed by atoms with Crippen LogP contribution in [0.25, 0.3) is 0 Å². The molecule has 1 aromatic rings. The van der Waals surface area contributed by atoms with Gasteiger partial charge in [0.2, 0.25) is 11.8 Å². The molecule has 2 N–H and O–H groups in total. The number of carbonyl (C=O) groups is 3. The van der Waals surface area contributed by atoms with Crippen LogP contribution in [0.1, 0.15) is 51.0 Å². The van der Waals surface area contributed by atoms with Gasteiger partial charge in [0.25, 0.3) is 0 Å². The minimum Gasteiger partial charge on any atom is -0.481 e. The van der Waals surface area contributed by atoms with Gasteiger partial charge in [0, 0.05) is 31.6 Å². The van der Waals surface area contributed by atoms with E-state index >= 15 is 0 Å². The van der Waals surface area contributed by atoms with Crippen LogP contribution in [0.2, 0.25) is 0 Å². The molecule has 0 spiro atoms. The molecule has 2 amide bonds. The van der Waals surface area contributed by atoms with Gasteiger partial charge in [0.05, 0.1) is 5.92 Å². The molecule has 2 rings (SSSR count). The molecular formula is C20H28N2O4. The second-order valence-electron chi connectivity index (χ2n) is 6.82. The van der Waals surface area contributed by atoms with Crippen LogP contribution in [-0.4, -0.2) is 36.0 Å². The van der Waals surface area contributed by atoms with Crippen LogP contribution in [0, 0.1) is 5.92 Å². The number of carboxylic acid groups (broad SMARTS) is 1. The van der Waals surface area contributed by atoms with Crippen LogP contribution in [0.4, 0.5) is 5.69 Å². The number of hydrogen-bond acceptors (Lipinski definition) is 3. The Morgan fingerprint density at radius 1 is 1.19 bits per heavy atom. The first-order valence-corrected chi connectivity index (χ1v) is 9.40. The Kier molecular flexibility index (Phi) is 7.63. The zero-order valence-corrected chi connectivity index (χ0v) is 15.4. The fraction of sp³-hybridized carbons (Fsp3) is 0.550. The molecule has 26 heavy (non-hydrogen) atoms. The Bertz CT molecular complexity index is 627. The minimum absolute atomic E-state index is 0.0302. The standard InChI is InChI=1S/C20H28N2O4/c1-2-3-6-15-8-10-17(11-9-15)22-14-16(13-18(22)23)20(26)21-12-5-4-7-19(24)25/h8-11,16H,2-7,12-14H2,1H3,(H,21,26)(H,24,25).